The van der Waals surface area contributed by atoms with Crippen molar-refractivity contribution in [3.63, 3.8) is 0 Å². The molecule has 2 aromatic rings. The van der Waals surface area contributed by atoms with Crippen molar-refractivity contribution in [3.8, 4) is 5.75 Å². The average molecular weight is 385 g/mol. The molecule has 5 nitrogen and oxygen atoms in total. The Labute approximate surface area is 163 Å². The number of rotatable bonds is 5. The van der Waals surface area contributed by atoms with Gasteiger partial charge in [0.2, 0.25) is 11.8 Å². The lowest BCUT2D eigenvalue weighted by atomic mass is 9.81. The van der Waals surface area contributed by atoms with Crippen LogP contribution in [0.5, 0.6) is 5.75 Å². The first-order valence-corrected chi connectivity index (χ1v) is 9.11. The van der Waals surface area contributed by atoms with Crippen LogP contribution in [0.1, 0.15) is 12.8 Å². The Morgan fingerprint density at radius 3 is 2.11 bits per heavy atom. The lowest BCUT2D eigenvalue weighted by molar-refractivity contribution is -0.129. The smallest absolute Gasteiger partial charge is 0.228 e. The lowest BCUT2D eigenvalue weighted by Crippen LogP contribution is -2.37. The highest BCUT2D eigenvalue weighted by Crippen LogP contribution is 2.29. The molecule has 0 radical (unpaired) electrons. The molecule has 0 heterocycles. The summed E-state index contributed by atoms with van der Waals surface area (Å²) in [4.78, 5) is 25.5. The minimum Gasteiger partial charge on any atom is -0.497 e. The van der Waals surface area contributed by atoms with Crippen molar-refractivity contribution in [2.24, 2.45) is 11.8 Å². The number of methoxy groups -OCH3 is 1. The highest BCUT2D eigenvalue weighted by Gasteiger charge is 2.34. The minimum atomic E-state index is -0.437. The van der Waals surface area contributed by atoms with Crippen molar-refractivity contribution < 1.29 is 14.3 Å². The Morgan fingerprint density at radius 2 is 1.52 bits per heavy atom. The van der Waals surface area contributed by atoms with Crippen LogP contribution in [0.25, 0.3) is 0 Å². The van der Waals surface area contributed by atoms with Crippen LogP contribution in [0.15, 0.2) is 60.7 Å². The molecule has 2 atom stereocenters. The van der Waals surface area contributed by atoms with Crippen molar-refractivity contribution in [3.05, 3.63) is 65.7 Å². The van der Waals surface area contributed by atoms with E-state index in [2.05, 4.69) is 10.6 Å². The second kappa shape index (κ2) is 8.73. The maximum absolute atomic E-state index is 12.8. The van der Waals surface area contributed by atoms with Crippen LogP contribution in [0.2, 0.25) is 5.02 Å². The molecule has 0 fully saturated rings. The van der Waals surface area contributed by atoms with E-state index in [9.17, 15) is 9.59 Å². The third-order valence-electron chi connectivity index (χ3n) is 4.55. The number of nitrogens with one attached hydrogen (secondary N) is 2. The standard InChI is InChI=1S/C21H21ClN2O3/c1-27-17-6-4-5-16(13-17)24-21(26)19-8-3-2-7-18(19)20(25)23-15-11-9-14(22)10-12-15/h2-6,9-13,18-19H,7-8H2,1H3,(H,23,25)(H,24,26)/t18-,19+/m1/s1. The van der Waals surface area contributed by atoms with Gasteiger partial charge in [-0.2, -0.15) is 0 Å². The number of amides is 2. The average Bonchev–Trinajstić information content (AvgIpc) is 2.69. The summed E-state index contributed by atoms with van der Waals surface area (Å²) in [6.07, 6.45) is 4.94. The van der Waals surface area contributed by atoms with Gasteiger partial charge in [0.15, 0.2) is 0 Å². The summed E-state index contributed by atoms with van der Waals surface area (Å²) < 4.78 is 5.18. The first-order chi connectivity index (χ1) is 13.1. The summed E-state index contributed by atoms with van der Waals surface area (Å²) in [6.45, 7) is 0. The van der Waals surface area contributed by atoms with Crippen LogP contribution in [-0.4, -0.2) is 18.9 Å². The fraction of sp³-hybridized carbons (Fsp3) is 0.238. The number of hydrogen-bond donors (Lipinski definition) is 2. The number of allylic oxidation sites excluding steroid dienone is 2. The van der Waals surface area contributed by atoms with Gasteiger partial charge in [-0.25, -0.2) is 0 Å². The third-order valence-corrected chi connectivity index (χ3v) is 4.81. The van der Waals surface area contributed by atoms with Gasteiger partial charge in [-0.05, 0) is 49.2 Å². The molecular formula is C21H21ClN2O3. The van der Waals surface area contributed by atoms with E-state index in [1.807, 2.05) is 12.2 Å². The van der Waals surface area contributed by atoms with Crippen LogP contribution in [0.3, 0.4) is 0 Å². The van der Waals surface area contributed by atoms with Gasteiger partial charge in [0.05, 0.1) is 18.9 Å². The van der Waals surface area contributed by atoms with Gasteiger partial charge < -0.3 is 15.4 Å². The van der Waals surface area contributed by atoms with E-state index in [-0.39, 0.29) is 11.8 Å². The van der Waals surface area contributed by atoms with Crippen LogP contribution in [-0.2, 0) is 9.59 Å². The molecule has 1 aliphatic rings. The monoisotopic (exact) mass is 384 g/mol. The second-order valence-corrected chi connectivity index (χ2v) is 6.81. The van der Waals surface area contributed by atoms with Crippen LogP contribution in [0, 0.1) is 11.8 Å². The maximum atomic E-state index is 12.8. The molecule has 27 heavy (non-hydrogen) atoms. The molecule has 2 N–H and O–H groups in total. The van der Waals surface area contributed by atoms with Crippen molar-refractivity contribution in [2.75, 3.05) is 17.7 Å². The minimum absolute atomic E-state index is 0.174. The quantitative estimate of drug-likeness (QED) is 0.745. The topological polar surface area (TPSA) is 67.4 Å². The number of carbonyl (C=O) groups is 2. The first kappa shape index (κ1) is 19.0. The van der Waals surface area contributed by atoms with E-state index in [4.69, 9.17) is 16.3 Å². The van der Waals surface area contributed by atoms with E-state index in [0.717, 1.165) is 0 Å². The Morgan fingerprint density at radius 1 is 0.926 bits per heavy atom. The number of hydrogen-bond acceptors (Lipinski definition) is 3. The second-order valence-electron chi connectivity index (χ2n) is 6.37. The van der Waals surface area contributed by atoms with Gasteiger partial charge in [-0.3, -0.25) is 9.59 Å². The maximum Gasteiger partial charge on any atom is 0.228 e. The zero-order valence-corrected chi connectivity index (χ0v) is 15.7. The van der Waals surface area contributed by atoms with Crippen molar-refractivity contribution in [1.29, 1.82) is 0 Å². The number of halogens is 1. The van der Waals surface area contributed by atoms with Gasteiger partial charge >= 0.3 is 0 Å². The van der Waals surface area contributed by atoms with Crippen LogP contribution < -0.4 is 15.4 Å². The lowest BCUT2D eigenvalue weighted by Gasteiger charge is -2.26. The summed E-state index contributed by atoms with van der Waals surface area (Å²) in [5, 5.41) is 6.37. The zero-order valence-electron chi connectivity index (χ0n) is 14.9. The third kappa shape index (κ3) is 4.89. The number of ether oxygens (including phenoxy) is 1. The largest absolute Gasteiger partial charge is 0.497 e. The molecule has 0 spiro atoms. The molecule has 1 aliphatic carbocycles. The van der Waals surface area contributed by atoms with E-state index >= 15 is 0 Å². The van der Waals surface area contributed by atoms with Crippen LogP contribution >= 0.6 is 11.6 Å². The number of carbonyl (C=O) groups excluding carboxylic acids is 2. The van der Waals surface area contributed by atoms with Gasteiger partial charge in [0.1, 0.15) is 5.75 Å². The molecule has 0 unspecified atom stereocenters. The molecule has 2 aromatic carbocycles. The van der Waals surface area contributed by atoms with E-state index in [1.165, 1.54) is 0 Å². The SMILES string of the molecule is COc1cccc(NC(=O)[C@H]2CC=CC[C@H]2C(=O)Nc2ccc(Cl)cc2)c1. The molecule has 0 saturated heterocycles. The Balaban J connectivity index is 1.70. The molecule has 6 heteroatoms. The normalized spacial score (nSPS) is 18.6. The fourth-order valence-electron chi connectivity index (χ4n) is 3.10. The highest BCUT2D eigenvalue weighted by atomic mass is 35.5. The van der Waals surface area contributed by atoms with Gasteiger partial charge in [0, 0.05) is 22.5 Å². The summed E-state index contributed by atoms with van der Waals surface area (Å²) in [6, 6.07) is 14.1. The summed E-state index contributed by atoms with van der Waals surface area (Å²) in [7, 11) is 1.57. The Bertz CT molecular complexity index is 849. The molecule has 0 bridgehead atoms. The summed E-state index contributed by atoms with van der Waals surface area (Å²) in [5.41, 5.74) is 1.30. The number of anilines is 2. The van der Waals surface area contributed by atoms with Crippen molar-refractivity contribution in [1.82, 2.24) is 0 Å². The van der Waals surface area contributed by atoms with Gasteiger partial charge in [0.25, 0.3) is 0 Å². The number of benzene rings is 2. The zero-order chi connectivity index (χ0) is 19.2. The first-order valence-electron chi connectivity index (χ1n) is 8.73. The van der Waals surface area contributed by atoms with Crippen LogP contribution in [0.4, 0.5) is 11.4 Å². The Kier molecular flexibility index (Phi) is 6.14. The highest BCUT2D eigenvalue weighted by molar-refractivity contribution is 6.30. The fourth-order valence-corrected chi connectivity index (χ4v) is 3.22. The summed E-state index contributed by atoms with van der Waals surface area (Å²) >= 11 is 5.88. The molecule has 3 rings (SSSR count). The van der Waals surface area contributed by atoms with Crippen molar-refractivity contribution in [2.45, 2.75) is 12.8 Å². The molecule has 2 amide bonds. The Hall–Kier alpha value is -2.79. The molecule has 0 saturated carbocycles. The molecular weight excluding hydrogens is 364 g/mol. The molecule has 0 aromatic heterocycles. The van der Waals surface area contributed by atoms with Crippen molar-refractivity contribution >= 4 is 34.8 Å². The van der Waals surface area contributed by atoms with E-state index in [0.29, 0.717) is 35.0 Å². The predicted octanol–water partition coefficient (Wildman–Crippen LogP) is 4.51. The van der Waals surface area contributed by atoms with Gasteiger partial charge in [-0.1, -0.05) is 29.8 Å². The molecule has 0 aliphatic heterocycles. The molecule has 140 valence electrons. The van der Waals surface area contributed by atoms with Gasteiger partial charge in [-0.15, -0.1) is 0 Å². The van der Waals surface area contributed by atoms with E-state index in [1.54, 1.807) is 55.6 Å². The summed E-state index contributed by atoms with van der Waals surface area (Å²) in [5.74, 6) is -0.561. The predicted molar refractivity (Wildman–Crippen MR) is 107 cm³/mol. The van der Waals surface area contributed by atoms with E-state index < -0.39 is 11.8 Å².